The predicted octanol–water partition coefficient (Wildman–Crippen LogP) is 2.89. The number of methoxy groups -OCH3 is 2. The van der Waals surface area contributed by atoms with Gasteiger partial charge in [0.15, 0.2) is 5.78 Å². The van der Waals surface area contributed by atoms with Crippen molar-refractivity contribution < 1.29 is 14.3 Å². The molecule has 0 aliphatic carbocycles. The van der Waals surface area contributed by atoms with E-state index in [1.165, 1.54) is 11.3 Å². The molecule has 0 fully saturated rings. The average molecular weight is 277 g/mol. The average Bonchev–Trinajstić information content (AvgIpc) is 2.83. The number of carbonyl (C=O) groups is 1. The minimum atomic E-state index is -0.0231. The molecule has 0 saturated carbocycles. The maximum atomic E-state index is 12.3. The van der Waals surface area contributed by atoms with Gasteiger partial charge in [-0.25, -0.2) is 4.98 Å². The maximum absolute atomic E-state index is 12.3. The number of ketones is 1. The molecule has 19 heavy (non-hydrogen) atoms. The smallest absolute Gasteiger partial charge is 0.173 e. The van der Waals surface area contributed by atoms with Crippen molar-refractivity contribution >= 4 is 17.1 Å². The molecule has 0 saturated heterocycles. The summed E-state index contributed by atoms with van der Waals surface area (Å²) in [6, 6.07) is 5.20. The van der Waals surface area contributed by atoms with Gasteiger partial charge in [0.2, 0.25) is 0 Å². The van der Waals surface area contributed by atoms with E-state index in [-0.39, 0.29) is 12.2 Å². The number of aromatic nitrogens is 1. The van der Waals surface area contributed by atoms with Crippen molar-refractivity contribution in [2.45, 2.75) is 13.3 Å². The van der Waals surface area contributed by atoms with Gasteiger partial charge in [-0.15, -0.1) is 11.3 Å². The molecule has 5 heteroatoms. The molecule has 2 rings (SSSR count). The molecule has 0 unspecified atom stereocenters. The van der Waals surface area contributed by atoms with Crippen LogP contribution in [0.4, 0.5) is 0 Å². The quantitative estimate of drug-likeness (QED) is 0.788. The van der Waals surface area contributed by atoms with E-state index >= 15 is 0 Å². The number of hydrogen-bond acceptors (Lipinski definition) is 5. The van der Waals surface area contributed by atoms with E-state index < -0.39 is 0 Å². The summed E-state index contributed by atoms with van der Waals surface area (Å²) < 4.78 is 10.4. The fourth-order valence-corrected chi connectivity index (χ4v) is 2.52. The molecule has 100 valence electrons. The monoisotopic (exact) mass is 277 g/mol. The molecule has 0 aliphatic heterocycles. The molecule has 0 bridgehead atoms. The maximum Gasteiger partial charge on any atom is 0.173 e. The zero-order valence-electron chi connectivity index (χ0n) is 11.1. The fraction of sp³-hybridized carbons (Fsp3) is 0.286. The van der Waals surface area contributed by atoms with Crippen molar-refractivity contribution in [1.29, 1.82) is 0 Å². The minimum Gasteiger partial charge on any atom is -0.497 e. The van der Waals surface area contributed by atoms with Gasteiger partial charge in [-0.1, -0.05) is 0 Å². The highest BCUT2D eigenvalue weighted by Crippen LogP contribution is 2.25. The summed E-state index contributed by atoms with van der Waals surface area (Å²) in [5.74, 6) is 1.17. The molecule has 2 aromatic rings. The second-order valence-corrected chi connectivity index (χ2v) is 4.99. The first-order valence-corrected chi connectivity index (χ1v) is 6.68. The number of benzene rings is 1. The molecular formula is C14H15NO3S. The van der Waals surface area contributed by atoms with Gasteiger partial charge in [0.1, 0.15) is 16.5 Å². The lowest BCUT2D eigenvalue weighted by Gasteiger charge is -2.08. The van der Waals surface area contributed by atoms with Crippen LogP contribution in [0, 0.1) is 6.92 Å². The van der Waals surface area contributed by atoms with Crippen molar-refractivity contribution in [3.63, 3.8) is 0 Å². The molecule has 0 N–H and O–H groups in total. The van der Waals surface area contributed by atoms with Crippen LogP contribution >= 0.6 is 11.3 Å². The third-order valence-corrected chi connectivity index (χ3v) is 3.65. The number of ether oxygens (including phenoxy) is 2. The van der Waals surface area contributed by atoms with E-state index in [1.807, 2.05) is 12.3 Å². The summed E-state index contributed by atoms with van der Waals surface area (Å²) in [7, 11) is 3.12. The molecule has 0 radical (unpaired) electrons. The van der Waals surface area contributed by atoms with Crippen LogP contribution in [0.15, 0.2) is 23.6 Å². The van der Waals surface area contributed by atoms with Gasteiger partial charge < -0.3 is 9.47 Å². The number of Topliss-reactive ketones (excluding diaryl/α,β-unsaturated/α-hetero) is 1. The van der Waals surface area contributed by atoms with Gasteiger partial charge in [0.25, 0.3) is 0 Å². The van der Waals surface area contributed by atoms with Crippen LogP contribution in [-0.4, -0.2) is 25.0 Å². The van der Waals surface area contributed by atoms with Gasteiger partial charge in [0.05, 0.1) is 26.2 Å². The Morgan fingerprint density at radius 1 is 1.32 bits per heavy atom. The lowest BCUT2D eigenvalue weighted by Crippen LogP contribution is -2.06. The number of rotatable bonds is 5. The van der Waals surface area contributed by atoms with Crippen molar-refractivity contribution in [2.24, 2.45) is 0 Å². The summed E-state index contributed by atoms with van der Waals surface area (Å²) in [4.78, 5) is 16.6. The van der Waals surface area contributed by atoms with Gasteiger partial charge in [-0.05, 0) is 25.1 Å². The Kier molecular flexibility index (Phi) is 4.16. The summed E-state index contributed by atoms with van der Waals surface area (Å²) in [6.45, 7) is 1.91. The molecule has 1 aromatic heterocycles. The molecule has 0 atom stereocenters. The fourth-order valence-electron chi connectivity index (χ4n) is 1.75. The van der Waals surface area contributed by atoms with E-state index in [0.29, 0.717) is 17.1 Å². The molecule has 4 nitrogen and oxygen atoms in total. The van der Waals surface area contributed by atoms with Crippen molar-refractivity contribution in [3.8, 4) is 11.5 Å². The second-order valence-electron chi connectivity index (χ2n) is 4.05. The van der Waals surface area contributed by atoms with Crippen molar-refractivity contribution in [3.05, 3.63) is 39.8 Å². The van der Waals surface area contributed by atoms with Crippen molar-refractivity contribution in [2.75, 3.05) is 14.2 Å². The second kappa shape index (κ2) is 5.84. The highest BCUT2D eigenvalue weighted by atomic mass is 32.1. The van der Waals surface area contributed by atoms with Crippen LogP contribution in [0.25, 0.3) is 0 Å². The third kappa shape index (κ3) is 3.12. The van der Waals surface area contributed by atoms with Crippen LogP contribution in [0.2, 0.25) is 0 Å². The van der Waals surface area contributed by atoms with Gasteiger partial charge >= 0.3 is 0 Å². The number of hydrogen-bond donors (Lipinski definition) is 0. The largest absolute Gasteiger partial charge is 0.497 e. The van der Waals surface area contributed by atoms with Crippen LogP contribution < -0.4 is 9.47 Å². The molecular weight excluding hydrogens is 262 g/mol. The number of aryl methyl sites for hydroxylation is 1. The SMILES string of the molecule is COc1ccc(OC)c(C(=O)Cc2nc(C)cs2)c1. The van der Waals surface area contributed by atoms with Gasteiger partial charge in [-0.2, -0.15) is 0 Å². The number of carbonyl (C=O) groups excluding carboxylic acids is 1. The Morgan fingerprint density at radius 2 is 2.11 bits per heavy atom. The van der Waals surface area contributed by atoms with Gasteiger partial charge in [0, 0.05) is 11.1 Å². The topological polar surface area (TPSA) is 48.4 Å². The first-order valence-electron chi connectivity index (χ1n) is 5.80. The van der Waals surface area contributed by atoms with Crippen LogP contribution in [0.1, 0.15) is 21.1 Å². The summed E-state index contributed by atoms with van der Waals surface area (Å²) in [5.41, 5.74) is 1.46. The van der Waals surface area contributed by atoms with Crippen LogP contribution in [-0.2, 0) is 6.42 Å². The van der Waals surface area contributed by atoms with Gasteiger partial charge in [-0.3, -0.25) is 4.79 Å². The van der Waals surface area contributed by atoms with Crippen LogP contribution in [0.5, 0.6) is 11.5 Å². The normalized spacial score (nSPS) is 10.3. The van der Waals surface area contributed by atoms with E-state index in [1.54, 1.807) is 32.4 Å². The summed E-state index contributed by atoms with van der Waals surface area (Å²) in [5, 5.41) is 2.75. The lowest BCUT2D eigenvalue weighted by molar-refractivity contribution is 0.0989. The Bertz CT molecular complexity index is 592. The highest BCUT2D eigenvalue weighted by Gasteiger charge is 2.15. The van der Waals surface area contributed by atoms with E-state index in [4.69, 9.17) is 9.47 Å². The standard InChI is InChI=1S/C14H15NO3S/c1-9-8-19-14(15-9)7-12(16)11-6-10(17-2)4-5-13(11)18-3/h4-6,8H,7H2,1-3H3. The predicted molar refractivity (Wildman–Crippen MR) is 74.4 cm³/mol. The Hall–Kier alpha value is -1.88. The first-order chi connectivity index (χ1) is 9.13. The summed E-state index contributed by atoms with van der Waals surface area (Å²) in [6.07, 6.45) is 0.280. The highest BCUT2D eigenvalue weighted by molar-refractivity contribution is 7.09. The van der Waals surface area contributed by atoms with E-state index in [9.17, 15) is 4.79 Å². The molecule has 0 spiro atoms. The van der Waals surface area contributed by atoms with Crippen molar-refractivity contribution in [1.82, 2.24) is 4.98 Å². The van der Waals surface area contributed by atoms with E-state index in [0.717, 1.165) is 10.7 Å². The molecule has 1 heterocycles. The number of nitrogens with zero attached hydrogens (tertiary/aromatic N) is 1. The first kappa shape index (κ1) is 13.5. The molecule has 1 aromatic carbocycles. The Labute approximate surface area is 116 Å². The van der Waals surface area contributed by atoms with E-state index in [2.05, 4.69) is 4.98 Å². The Morgan fingerprint density at radius 3 is 2.68 bits per heavy atom. The lowest BCUT2D eigenvalue weighted by atomic mass is 10.1. The molecule has 0 aliphatic rings. The minimum absolute atomic E-state index is 0.0231. The number of thiazole rings is 1. The van der Waals surface area contributed by atoms with Crippen LogP contribution in [0.3, 0.4) is 0 Å². The molecule has 0 amide bonds. The Balaban J connectivity index is 2.26. The third-order valence-electron chi connectivity index (χ3n) is 2.69. The zero-order chi connectivity index (χ0) is 13.8. The zero-order valence-corrected chi connectivity index (χ0v) is 11.9. The summed E-state index contributed by atoms with van der Waals surface area (Å²) >= 11 is 1.49.